The second-order valence-electron chi connectivity index (χ2n) is 9.58. The second-order valence-corrected chi connectivity index (χ2v) is 9.58. The molecule has 1 heterocycles. The molecule has 8 heteroatoms. The van der Waals surface area contributed by atoms with E-state index >= 15 is 4.39 Å². The minimum absolute atomic E-state index is 0.00439. The molecular weight excluding hydrogens is 411 g/mol. The number of amides is 1. The average molecular weight is 447 g/mol. The van der Waals surface area contributed by atoms with Crippen LogP contribution in [0.5, 0.6) is 5.75 Å². The molecule has 1 saturated carbocycles. The zero-order chi connectivity index (χ0) is 23.6. The molecule has 1 aromatic carbocycles. The van der Waals surface area contributed by atoms with Crippen LogP contribution >= 0.6 is 0 Å². The highest BCUT2D eigenvalue weighted by Crippen LogP contribution is 2.28. The first kappa shape index (κ1) is 24.0. The standard InChI is InChI=1S/C24H35FN4O3/c1-14(2)11-16(5)32-21-13-20(29-24(31)28(6)22(27-29)15(3)4)19(25)12-18(21)23(30)26-17-9-7-8-10-17/h12-17H,7-11H2,1-6H3,(H,26,30)/t16-/m0/s1. The first-order valence-electron chi connectivity index (χ1n) is 11.6. The summed E-state index contributed by atoms with van der Waals surface area (Å²) in [6.07, 6.45) is 4.60. The SMILES string of the molecule is CC(C)C[C@H](C)Oc1cc(-n2nc(C(C)C)n(C)c2=O)c(F)cc1C(=O)NC1CCCC1. The minimum atomic E-state index is -0.694. The molecule has 3 rings (SSSR count). The molecule has 1 N–H and O–H groups in total. The number of halogens is 1. The van der Waals surface area contributed by atoms with Crippen molar-refractivity contribution in [3.8, 4) is 11.4 Å². The van der Waals surface area contributed by atoms with Crippen LogP contribution in [0.2, 0.25) is 0 Å². The molecule has 0 unspecified atom stereocenters. The van der Waals surface area contributed by atoms with Crippen LogP contribution in [0.3, 0.4) is 0 Å². The highest BCUT2D eigenvalue weighted by Gasteiger charge is 2.25. The maximum Gasteiger partial charge on any atom is 0.350 e. The molecule has 0 radical (unpaired) electrons. The summed E-state index contributed by atoms with van der Waals surface area (Å²) in [5, 5.41) is 7.34. The minimum Gasteiger partial charge on any atom is -0.490 e. The number of aromatic nitrogens is 3. The van der Waals surface area contributed by atoms with E-state index < -0.39 is 11.5 Å². The van der Waals surface area contributed by atoms with E-state index in [1.165, 1.54) is 10.6 Å². The summed E-state index contributed by atoms with van der Waals surface area (Å²) in [5.41, 5.74) is -0.333. The largest absolute Gasteiger partial charge is 0.490 e. The molecule has 0 saturated heterocycles. The van der Waals surface area contributed by atoms with Crippen LogP contribution in [0.15, 0.2) is 16.9 Å². The predicted molar refractivity (Wildman–Crippen MR) is 122 cm³/mol. The monoisotopic (exact) mass is 446 g/mol. The zero-order valence-corrected chi connectivity index (χ0v) is 19.9. The lowest BCUT2D eigenvalue weighted by atomic mass is 10.1. The molecule has 0 bridgehead atoms. The average Bonchev–Trinajstić information content (AvgIpc) is 3.31. The Morgan fingerprint density at radius 3 is 2.44 bits per heavy atom. The van der Waals surface area contributed by atoms with Gasteiger partial charge in [0.1, 0.15) is 23.1 Å². The molecule has 1 amide bonds. The quantitative estimate of drug-likeness (QED) is 0.655. The molecule has 7 nitrogen and oxygen atoms in total. The molecule has 0 aliphatic heterocycles. The summed E-state index contributed by atoms with van der Waals surface area (Å²) in [6, 6.07) is 2.68. The molecule has 176 valence electrons. The van der Waals surface area contributed by atoms with Crippen LogP contribution in [0, 0.1) is 11.7 Å². The number of ether oxygens (including phenoxy) is 1. The smallest absolute Gasteiger partial charge is 0.350 e. The Morgan fingerprint density at radius 1 is 1.22 bits per heavy atom. The Labute approximate surface area is 189 Å². The second kappa shape index (κ2) is 9.88. The summed E-state index contributed by atoms with van der Waals surface area (Å²) in [6.45, 7) is 9.93. The van der Waals surface area contributed by atoms with Gasteiger partial charge in [0.25, 0.3) is 5.91 Å². The van der Waals surface area contributed by atoms with Crippen molar-refractivity contribution in [3.05, 3.63) is 39.8 Å². The van der Waals surface area contributed by atoms with E-state index in [4.69, 9.17) is 4.74 Å². The van der Waals surface area contributed by atoms with E-state index in [1.807, 2.05) is 20.8 Å². The van der Waals surface area contributed by atoms with Crippen molar-refractivity contribution in [1.82, 2.24) is 19.7 Å². The summed E-state index contributed by atoms with van der Waals surface area (Å²) < 4.78 is 23.8. The topological polar surface area (TPSA) is 78.2 Å². The normalized spacial score (nSPS) is 15.5. The van der Waals surface area contributed by atoms with Gasteiger partial charge in [-0.15, -0.1) is 5.10 Å². The maximum atomic E-state index is 15.2. The Hall–Kier alpha value is -2.64. The molecular formula is C24H35FN4O3. The van der Waals surface area contributed by atoms with E-state index in [9.17, 15) is 9.59 Å². The van der Waals surface area contributed by atoms with E-state index in [2.05, 4.69) is 24.3 Å². The maximum absolute atomic E-state index is 15.2. The highest BCUT2D eigenvalue weighted by atomic mass is 19.1. The van der Waals surface area contributed by atoms with Crippen molar-refractivity contribution in [2.45, 2.75) is 84.8 Å². The van der Waals surface area contributed by atoms with Crippen molar-refractivity contribution in [1.29, 1.82) is 0 Å². The van der Waals surface area contributed by atoms with Crippen molar-refractivity contribution in [3.63, 3.8) is 0 Å². The molecule has 1 aliphatic carbocycles. The predicted octanol–water partition coefficient (Wildman–Crippen LogP) is 4.32. The van der Waals surface area contributed by atoms with Gasteiger partial charge in [-0.1, -0.05) is 40.5 Å². The third-order valence-electron chi connectivity index (χ3n) is 5.87. The van der Waals surface area contributed by atoms with Gasteiger partial charge in [-0.25, -0.2) is 9.18 Å². The van der Waals surface area contributed by atoms with Crippen LogP contribution in [-0.2, 0) is 7.05 Å². The van der Waals surface area contributed by atoms with Crippen molar-refractivity contribution in [2.24, 2.45) is 13.0 Å². The number of carbonyl (C=O) groups is 1. The molecule has 0 spiro atoms. The third-order valence-corrected chi connectivity index (χ3v) is 5.87. The number of hydrogen-bond acceptors (Lipinski definition) is 4. The Balaban J connectivity index is 2.04. The van der Waals surface area contributed by atoms with Gasteiger partial charge in [0.2, 0.25) is 0 Å². The fourth-order valence-electron chi connectivity index (χ4n) is 4.35. The Kier molecular flexibility index (Phi) is 7.41. The fraction of sp³-hybridized carbons (Fsp3) is 0.625. The van der Waals surface area contributed by atoms with Gasteiger partial charge in [-0.2, -0.15) is 4.68 Å². The number of hydrogen-bond donors (Lipinski definition) is 1. The first-order chi connectivity index (χ1) is 15.1. The van der Waals surface area contributed by atoms with E-state index in [0.29, 0.717) is 11.7 Å². The fourth-order valence-corrected chi connectivity index (χ4v) is 4.35. The third kappa shape index (κ3) is 5.22. The lowest BCUT2D eigenvalue weighted by molar-refractivity contribution is 0.0929. The van der Waals surface area contributed by atoms with E-state index in [1.54, 1.807) is 7.05 Å². The van der Waals surface area contributed by atoms with Crippen LogP contribution in [0.4, 0.5) is 4.39 Å². The molecule has 1 fully saturated rings. The van der Waals surface area contributed by atoms with Crippen molar-refractivity contribution >= 4 is 5.91 Å². The van der Waals surface area contributed by atoms with Gasteiger partial charge in [0.15, 0.2) is 0 Å². The highest BCUT2D eigenvalue weighted by molar-refractivity contribution is 5.97. The van der Waals surface area contributed by atoms with Crippen molar-refractivity contribution in [2.75, 3.05) is 0 Å². The summed E-state index contributed by atoms with van der Waals surface area (Å²) in [4.78, 5) is 25.7. The van der Waals surface area contributed by atoms with E-state index in [0.717, 1.165) is 42.9 Å². The Bertz CT molecular complexity index is 1020. The van der Waals surface area contributed by atoms with Gasteiger partial charge >= 0.3 is 5.69 Å². The van der Waals surface area contributed by atoms with Crippen LogP contribution < -0.4 is 15.7 Å². The van der Waals surface area contributed by atoms with Gasteiger partial charge in [0, 0.05) is 25.1 Å². The lowest BCUT2D eigenvalue weighted by Gasteiger charge is -2.21. The number of nitrogens with one attached hydrogen (secondary N) is 1. The number of benzene rings is 1. The van der Waals surface area contributed by atoms with Gasteiger partial charge < -0.3 is 10.1 Å². The molecule has 32 heavy (non-hydrogen) atoms. The van der Waals surface area contributed by atoms with Crippen LogP contribution in [0.1, 0.15) is 88.8 Å². The van der Waals surface area contributed by atoms with Crippen molar-refractivity contribution < 1.29 is 13.9 Å². The summed E-state index contributed by atoms with van der Waals surface area (Å²) in [7, 11) is 1.62. The Morgan fingerprint density at radius 2 is 1.88 bits per heavy atom. The molecule has 2 aromatic rings. The van der Waals surface area contributed by atoms with Crippen LogP contribution in [0.25, 0.3) is 5.69 Å². The zero-order valence-electron chi connectivity index (χ0n) is 19.9. The molecule has 1 atom stereocenters. The molecule has 1 aromatic heterocycles. The first-order valence-corrected chi connectivity index (χ1v) is 11.6. The number of rotatable bonds is 8. The summed E-state index contributed by atoms with van der Waals surface area (Å²) in [5.74, 6) is 0.149. The number of nitrogens with zero attached hydrogens (tertiary/aromatic N) is 3. The number of carbonyl (C=O) groups excluding carboxylic acids is 1. The van der Waals surface area contributed by atoms with E-state index in [-0.39, 0.29) is 41.0 Å². The lowest BCUT2D eigenvalue weighted by Crippen LogP contribution is -2.33. The van der Waals surface area contributed by atoms with Gasteiger partial charge in [-0.3, -0.25) is 9.36 Å². The molecule has 1 aliphatic rings. The van der Waals surface area contributed by atoms with Gasteiger partial charge in [0.05, 0.1) is 11.7 Å². The van der Waals surface area contributed by atoms with Gasteiger partial charge in [-0.05, 0) is 38.2 Å². The summed E-state index contributed by atoms with van der Waals surface area (Å²) >= 11 is 0. The van der Waals surface area contributed by atoms with Crippen LogP contribution in [-0.4, -0.2) is 32.4 Å².